The Hall–Kier alpha value is -1.30. The number of nitrogens with one attached hydrogen (secondary N) is 2. The monoisotopic (exact) mass is 257 g/mol. The second kappa shape index (κ2) is 6.04. The van der Waals surface area contributed by atoms with Crippen molar-refractivity contribution in [3.8, 4) is 0 Å². The predicted molar refractivity (Wildman–Crippen MR) is 68.5 cm³/mol. The molecule has 6 heteroatoms. The molecule has 18 heavy (non-hydrogen) atoms. The van der Waals surface area contributed by atoms with Crippen molar-refractivity contribution in [2.24, 2.45) is 0 Å². The summed E-state index contributed by atoms with van der Waals surface area (Å²) in [6.45, 7) is 2.55. The third kappa shape index (κ3) is 4.18. The van der Waals surface area contributed by atoms with E-state index in [9.17, 15) is 9.59 Å². The van der Waals surface area contributed by atoms with E-state index in [4.69, 9.17) is 5.11 Å². The Morgan fingerprint density at radius 3 is 2.39 bits per heavy atom. The van der Waals surface area contributed by atoms with Crippen LogP contribution in [0.5, 0.6) is 0 Å². The number of carboxylic acids is 1. The highest BCUT2D eigenvalue weighted by Gasteiger charge is 2.40. The minimum Gasteiger partial charge on any atom is -0.481 e. The fraction of sp³-hybridized carbons (Fsp3) is 0.833. The molecule has 2 amide bonds. The zero-order chi connectivity index (χ0) is 13.8. The number of carbonyl (C=O) groups excluding carboxylic acids is 1. The highest BCUT2D eigenvalue weighted by molar-refractivity contribution is 5.77. The molecule has 1 aliphatic carbocycles. The van der Waals surface area contributed by atoms with Gasteiger partial charge in [0.2, 0.25) is 0 Å². The fourth-order valence-electron chi connectivity index (χ4n) is 1.95. The molecular formula is C12H23N3O3. The molecule has 104 valence electrons. The Bertz CT molecular complexity index is 314. The van der Waals surface area contributed by atoms with Crippen molar-refractivity contribution < 1.29 is 14.7 Å². The third-order valence-corrected chi connectivity index (χ3v) is 3.62. The zero-order valence-electron chi connectivity index (χ0n) is 11.3. The summed E-state index contributed by atoms with van der Waals surface area (Å²) in [5.41, 5.74) is -0.530. The summed E-state index contributed by atoms with van der Waals surface area (Å²) in [7, 11) is 3.89. The first-order valence-electron chi connectivity index (χ1n) is 6.29. The summed E-state index contributed by atoms with van der Waals surface area (Å²) in [6, 6.07) is -0.0304. The molecule has 1 aliphatic rings. The van der Waals surface area contributed by atoms with Crippen LogP contribution < -0.4 is 10.6 Å². The lowest BCUT2D eigenvalue weighted by Crippen LogP contribution is -2.58. The lowest BCUT2D eigenvalue weighted by molar-refractivity contribution is -0.139. The molecule has 0 aromatic carbocycles. The van der Waals surface area contributed by atoms with Crippen molar-refractivity contribution >= 4 is 12.0 Å². The molecule has 1 saturated carbocycles. The number of carboxylic acid groups (broad SMARTS) is 1. The van der Waals surface area contributed by atoms with E-state index in [-0.39, 0.29) is 18.5 Å². The molecule has 0 bridgehead atoms. The predicted octanol–water partition coefficient (Wildman–Crippen LogP) is 0.633. The number of aliphatic carboxylic acids is 1. The summed E-state index contributed by atoms with van der Waals surface area (Å²) in [4.78, 5) is 24.5. The van der Waals surface area contributed by atoms with Gasteiger partial charge in [-0.2, -0.15) is 0 Å². The van der Waals surface area contributed by atoms with Gasteiger partial charge in [0.1, 0.15) is 0 Å². The Labute approximate surface area is 108 Å². The average molecular weight is 257 g/mol. The summed E-state index contributed by atoms with van der Waals surface area (Å²) in [5.74, 6) is -0.864. The molecule has 0 aromatic heterocycles. The summed E-state index contributed by atoms with van der Waals surface area (Å²) in [6.07, 6.45) is 2.47. The van der Waals surface area contributed by atoms with E-state index in [2.05, 4.69) is 10.6 Å². The molecule has 6 nitrogen and oxygen atoms in total. The molecule has 0 aliphatic heterocycles. The van der Waals surface area contributed by atoms with Crippen LogP contribution in [0.4, 0.5) is 4.79 Å². The maximum atomic E-state index is 11.7. The van der Waals surface area contributed by atoms with Crippen molar-refractivity contribution in [2.75, 3.05) is 20.6 Å². The van der Waals surface area contributed by atoms with E-state index >= 15 is 0 Å². The topological polar surface area (TPSA) is 81.7 Å². The minimum absolute atomic E-state index is 0.00363. The number of rotatable bonds is 6. The number of amides is 2. The lowest BCUT2D eigenvalue weighted by Gasteiger charge is -2.41. The van der Waals surface area contributed by atoms with E-state index in [1.165, 1.54) is 0 Å². The standard InChI is InChI=1S/C12H23N3O3/c1-9(15(2)3)8-13-11(18)14-12(5-4-6-12)7-10(16)17/h9H,4-8H2,1-3H3,(H,16,17)(H2,13,14,18). The van der Waals surface area contributed by atoms with Gasteiger partial charge in [0.25, 0.3) is 0 Å². The maximum Gasteiger partial charge on any atom is 0.315 e. The van der Waals surface area contributed by atoms with Gasteiger partial charge in [-0.25, -0.2) is 4.79 Å². The van der Waals surface area contributed by atoms with E-state index < -0.39 is 11.5 Å². The van der Waals surface area contributed by atoms with Crippen LogP contribution >= 0.6 is 0 Å². The minimum atomic E-state index is -0.864. The number of hydrogen-bond acceptors (Lipinski definition) is 3. The van der Waals surface area contributed by atoms with E-state index in [1.807, 2.05) is 25.9 Å². The molecule has 0 radical (unpaired) electrons. The lowest BCUT2D eigenvalue weighted by atomic mass is 9.74. The molecule has 1 unspecified atom stereocenters. The van der Waals surface area contributed by atoms with Gasteiger partial charge in [0.15, 0.2) is 0 Å². The fourth-order valence-corrected chi connectivity index (χ4v) is 1.95. The van der Waals surface area contributed by atoms with Crippen LogP contribution in [-0.2, 0) is 4.79 Å². The van der Waals surface area contributed by atoms with Crippen molar-refractivity contribution in [1.82, 2.24) is 15.5 Å². The van der Waals surface area contributed by atoms with Gasteiger partial charge in [-0.15, -0.1) is 0 Å². The van der Waals surface area contributed by atoms with Gasteiger partial charge >= 0.3 is 12.0 Å². The van der Waals surface area contributed by atoms with Crippen molar-refractivity contribution in [2.45, 2.75) is 44.2 Å². The summed E-state index contributed by atoms with van der Waals surface area (Å²) < 4.78 is 0. The highest BCUT2D eigenvalue weighted by atomic mass is 16.4. The highest BCUT2D eigenvalue weighted by Crippen LogP contribution is 2.34. The molecule has 0 spiro atoms. The molecule has 1 rings (SSSR count). The maximum absolute atomic E-state index is 11.7. The van der Waals surface area contributed by atoms with Crippen molar-refractivity contribution in [3.63, 3.8) is 0 Å². The molecule has 3 N–H and O–H groups in total. The van der Waals surface area contributed by atoms with Gasteiger partial charge in [0.05, 0.1) is 12.0 Å². The third-order valence-electron chi connectivity index (χ3n) is 3.62. The Morgan fingerprint density at radius 2 is 2.00 bits per heavy atom. The van der Waals surface area contributed by atoms with E-state index in [0.717, 1.165) is 19.3 Å². The van der Waals surface area contributed by atoms with Crippen molar-refractivity contribution in [3.05, 3.63) is 0 Å². The molecule has 1 fully saturated rings. The second-order valence-electron chi connectivity index (χ2n) is 5.35. The van der Waals surface area contributed by atoms with Crippen molar-refractivity contribution in [1.29, 1.82) is 0 Å². The Kier molecular flexibility index (Phi) is 4.95. The molecule has 0 saturated heterocycles. The average Bonchev–Trinajstić information content (AvgIpc) is 2.21. The molecule has 0 aromatic rings. The Morgan fingerprint density at radius 1 is 1.39 bits per heavy atom. The van der Waals surface area contributed by atoms with Gasteiger partial charge in [-0.1, -0.05) is 0 Å². The van der Waals surface area contributed by atoms with Gasteiger partial charge in [0, 0.05) is 12.6 Å². The normalized spacial score (nSPS) is 18.9. The van der Waals surface area contributed by atoms with Gasteiger partial charge in [-0.3, -0.25) is 4.79 Å². The molecule has 1 atom stereocenters. The van der Waals surface area contributed by atoms with Crippen LogP contribution in [0.2, 0.25) is 0 Å². The first kappa shape index (κ1) is 14.8. The van der Waals surface area contributed by atoms with Crippen LogP contribution in [0.25, 0.3) is 0 Å². The van der Waals surface area contributed by atoms with E-state index in [1.54, 1.807) is 0 Å². The zero-order valence-corrected chi connectivity index (χ0v) is 11.3. The molecular weight excluding hydrogens is 234 g/mol. The smallest absolute Gasteiger partial charge is 0.315 e. The molecule has 0 heterocycles. The largest absolute Gasteiger partial charge is 0.481 e. The van der Waals surface area contributed by atoms with Crippen LogP contribution in [-0.4, -0.2) is 54.2 Å². The van der Waals surface area contributed by atoms with Gasteiger partial charge < -0.3 is 20.6 Å². The quantitative estimate of drug-likeness (QED) is 0.652. The van der Waals surface area contributed by atoms with Gasteiger partial charge in [-0.05, 0) is 40.3 Å². The number of carbonyl (C=O) groups is 2. The number of urea groups is 1. The number of nitrogens with zero attached hydrogens (tertiary/aromatic N) is 1. The van der Waals surface area contributed by atoms with Crippen LogP contribution in [0.15, 0.2) is 0 Å². The number of likely N-dealkylation sites (N-methyl/N-ethyl adjacent to an activating group) is 1. The second-order valence-corrected chi connectivity index (χ2v) is 5.35. The van der Waals surface area contributed by atoms with Crippen LogP contribution in [0.1, 0.15) is 32.6 Å². The Balaban J connectivity index is 2.36. The van der Waals surface area contributed by atoms with E-state index in [0.29, 0.717) is 6.54 Å². The summed E-state index contributed by atoms with van der Waals surface area (Å²) in [5, 5.41) is 14.4. The first-order valence-corrected chi connectivity index (χ1v) is 6.29. The first-order chi connectivity index (χ1) is 8.34. The van der Waals surface area contributed by atoms with Crippen LogP contribution in [0, 0.1) is 0 Å². The van der Waals surface area contributed by atoms with Crippen LogP contribution in [0.3, 0.4) is 0 Å². The summed E-state index contributed by atoms with van der Waals surface area (Å²) >= 11 is 0. The SMILES string of the molecule is CC(CNC(=O)NC1(CC(=O)O)CCC1)N(C)C. The number of hydrogen-bond donors (Lipinski definition) is 3.